The molecule has 0 bridgehead atoms. The van der Waals surface area contributed by atoms with Crippen LogP contribution in [0, 0.1) is 6.92 Å². The summed E-state index contributed by atoms with van der Waals surface area (Å²) in [4.78, 5) is 22.7. The van der Waals surface area contributed by atoms with Crippen molar-refractivity contribution in [3.8, 4) is 11.5 Å². The Labute approximate surface area is 111 Å². The number of Topliss-reactive ketones (excluding diaryl/α,β-unsaturated/α-hetero) is 1. The number of ketones is 1. The summed E-state index contributed by atoms with van der Waals surface area (Å²) in [6.45, 7) is 3.24. The Kier molecular flexibility index (Phi) is 5.06. The molecule has 5 nitrogen and oxygen atoms in total. The van der Waals surface area contributed by atoms with Crippen molar-refractivity contribution in [3.05, 3.63) is 22.8 Å². The molecule has 0 spiro atoms. The minimum Gasteiger partial charge on any atom is -0.508 e. The fraction of sp³-hybridized carbons (Fsp3) is 0.429. The van der Waals surface area contributed by atoms with Gasteiger partial charge in [0, 0.05) is 18.4 Å². The predicted octanol–water partition coefficient (Wildman–Crippen LogP) is 1.49. The van der Waals surface area contributed by atoms with Crippen LogP contribution in [0.1, 0.15) is 41.3 Å². The van der Waals surface area contributed by atoms with E-state index in [9.17, 15) is 24.9 Å². The predicted molar refractivity (Wildman–Crippen MR) is 69.5 cm³/mol. The SMILES string of the molecule is CCC(O)CC(=O)Cc1cc(O)c(C)c(O)c1C=O. The molecule has 0 amide bonds. The normalized spacial score (nSPS) is 12.2. The number of phenolic OH excluding ortho intramolecular Hbond substituents is 2. The molecular weight excluding hydrogens is 248 g/mol. The number of carbonyl (C=O) groups excluding carboxylic acids is 2. The lowest BCUT2D eigenvalue weighted by Gasteiger charge is -2.11. The van der Waals surface area contributed by atoms with Gasteiger partial charge >= 0.3 is 0 Å². The number of phenols is 2. The van der Waals surface area contributed by atoms with Crippen LogP contribution < -0.4 is 0 Å². The topological polar surface area (TPSA) is 94.8 Å². The largest absolute Gasteiger partial charge is 0.508 e. The van der Waals surface area contributed by atoms with Crippen molar-refractivity contribution in [2.75, 3.05) is 0 Å². The van der Waals surface area contributed by atoms with Crippen LogP contribution >= 0.6 is 0 Å². The van der Waals surface area contributed by atoms with E-state index in [1.54, 1.807) is 6.92 Å². The zero-order valence-electron chi connectivity index (χ0n) is 11.0. The van der Waals surface area contributed by atoms with E-state index in [1.165, 1.54) is 13.0 Å². The van der Waals surface area contributed by atoms with Crippen LogP contribution in [0.2, 0.25) is 0 Å². The van der Waals surface area contributed by atoms with Crippen molar-refractivity contribution in [2.45, 2.75) is 39.2 Å². The first-order valence-electron chi connectivity index (χ1n) is 6.10. The maximum absolute atomic E-state index is 11.7. The number of aliphatic hydroxyl groups is 1. The Morgan fingerprint density at radius 2 is 2.05 bits per heavy atom. The Hall–Kier alpha value is -1.88. The highest BCUT2D eigenvalue weighted by Gasteiger charge is 2.17. The first-order chi connectivity index (χ1) is 8.90. The van der Waals surface area contributed by atoms with Crippen molar-refractivity contribution < 1.29 is 24.9 Å². The van der Waals surface area contributed by atoms with Crippen molar-refractivity contribution in [1.29, 1.82) is 0 Å². The zero-order chi connectivity index (χ0) is 14.6. The van der Waals surface area contributed by atoms with Gasteiger partial charge in [-0.3, -0.25) is 9.59 Å². The van der Waals surface area contributed by atoms with E-state index in [-0.39, 0.29) is 46.8 Å². The lowest BCUT2D eigenvalue weighted by Crippen LogP contribution is -2.14. The molecule has 0 radical (unpaired) electrons. The van der Waals surface area contributed by atoms with E-state index in [0.717, 1.165) is 0 Å². The van der Waals surface area contributed by atoms with Crippen molar-refractivity contribution >= 4 is 12.1 Å². The molecule has 1 atom stereocenters. The number of carbonyl (C=O) groups is 2. The van der Waals surface area contributed by atoms with E-state index in [4.69, 9.17) is 0 Å². The van der Waals surface area contributed by atoms with E-state index in [1.807, 2.05) is 0 Å². The highest BCUT2D eigenvalue weighted by Crippen LogP contribution is 2.32. The third kappa shape index (κ3) is 3.54. The molecule has 1 aromatic rings. The molecule has 0 aliphatic rings. The number of benzene rings is 1. The summed E-state index contributed by atoms with van der Waals surface area (Å²) in [7, 11) is 0. The van der Waals surface area contributed by atoms with Gasteiger partial charge in [0.2, 0.25) is 0 Å². The van der Waals surface area contributed by atoms with Crippen LogP contribution in [0.3, 0.4) is 0 Å². The zero-order valence-corrected chi connectivity index (χ0v) is 11.0. The molecule has 0 aromatic heterocycles. The Bertz CT molecular complexity index is 493. The summed E-state index contributed by atoms with van der Waals surface area (Å²) >= 11 is 0. The summed E-state index contributed by atoms with van der Waals surface area (Å²) in [5, 5.41) is 28.8. The van der Waals surface area contributed by atoms with Gasteiger partial charge in [-0.05, 0) is 25.0 Å². The van der Waals surface area contributed by atoms with E-state index in [2.05, 4.69) is 0 Å². The van der Waals surface area contributed by atoms with Crippen LogP contribution in [-0.2, 0) is 11.2 Å². The lowest BCUT2D eigenvalue weighted by atomic mass is 9.96. The number of hydrogen-bond acceptors (Lipinski definition) is 5. The van der Waals surface area contributed by atoms with Gasteiger partial charge in [-0.15, -0.1) is 0 Å². The second-order valence-corrected chi connectivity index (χ2v) is 4.54. The third-order valence-corrected chi connectivity index (χ3v) is 3.09. The summed E-state index contributed by atoms with van der Waals surface area (Å²) in [6, 6.07) is 1.30. The number of aliphatic hydroxyl groups excluding tert-OH is 1. The molecule has 0 fully saturated rings. The minimum atomic E-state index is -0.708. The summed E-state index contributed by atoms with van der Waals surface area (Å²) in [5.74, 6) is -0.726. The second-order valence-electron chi connectivity index (χ2n) is 4.54. The van der Waals surface area contributed by atoms with Gasteiger partial charge < -0.3 is 15.3 Å². The highest BCUT2D eigenvalue weighted by atomic mass is 16.3. The molecule has 0 heterocycles. The van der Waals surface area contributed by atoms with Gasteiger partial charge in [0.05, 0.1) is 11.7 Å². The van der Waals surface area contributed by atoms with Gasteiger partial charge in [0.15, 0.2) is 6.29 Å². The van der Waals surface area contributed by atoms with Crippen molar-refractivity contribution in [2.24, 2.45) is 0 Å². The molecular formula is C14H18O5. The molecule has 1 aromatic carbocycles. The first kappa shape index (κ1) is 15.2. The Balaban J connectivity index is 3.01. The van der Waals surface area contributed by atoms with Crippen LogP contribution in [0.15, 0.2) is 6.07 Å². The van der Waals surface area contributed by atoms with Gasteiger partial charge in [0.1, 0.15) is 17.3 Å². The fourth-order valence-electron chi connectivity index (χ4n) is 1.80. The lowest BCUT2D eigenvalue weighted by molar-refractivity contribution is -0.120. The summed E-state index contributed by atoms with van der Waals surface area (Å²) in [6.07, 6.45) is 0.105. The molecule has 0 aliphatic heterocycles. The van der Waals surface area contributed by atoms with Crippen LogP contribution in [0.25, 0.3) is 0 Å². The first-order valence-corrected chi connectivity index (χ1v) is 6.10. The average molecular weight is 266 g/mol. The summed E-state index contributed by atoms with van der Waals surface area (Å²) < 4.78 is 0. The molecule has 19 heavy (non-hydrogen) atoms. The van der Waals surface area contributed by atoms with Gasteiger partial charge in [-0.2, -0.15) is 0 Å². The molecule has 5 heteroatoms. The van der Waals surface area contributed by atoms with E-state index < -0.39 is 6.10 Å². The standard InChI is InChI=1S/C14H18O5/c1-3-10(16)6-11(17)4-9-5-13(18)8(2)14(19)12(9)7-15/h5,7,10,16,18-19H,3-4,6H2,1-2H3. The quantitative estimate of drug-likeness (QED) is 0.678. The molecule has 0 saturated carbocycles. The van der Waals surface area contributed by atoms with Gasteiger partial charge in [0.25, 0.3) is 0 Å². The van der Waals surface area contributed by atoms with Gasteiger partial charge in [-0.25, -0.2) is 0 Å². The molecule has 0 aliphatic carbocycles. The molecule has 104 valence electrons. The Morgan fingerprint density at radius 1 is 1.42 bits per heavy atom. The summed E-state index contributed by atoms with van der Waals surface area (Å²) in [5.41, 5.74) is 0.477. The molecule has 3 N–H and O–H groups in total. The van der Waals surface area contributed by atoms with E-state index in [0.29, 0.717) is 12.7 Å². The third-order valence-electron chi connectivity index (χ3n) is 3.09. The van der Waals surface area contributed by atoms with Gasteiger partial charge in [-0.1, -0.05) is 6.92 Å². The monoisotopic (exact) mass is 266 g/mol. The van der Waals surface area contributed by atoms with Crippen LogP contribution in [0.5, 0.6) is 11.5 Å². The molecule has 1 unspecified atom stereocenters. The van der Waals surface area contributed by atoms with Crippen LogP contribution in [0.4, 0.5) is 0 Å². The number of aldehydes is 1. The van der Waals surface area contributed by atoms with Crippen molar-refractivity contribution in [3.63, 3.8) is 0 Å². The maximum atomic E-state index is 11.7. The van der Waals surface area contributed by atoms with E-state index >= 15 is 0 Å². The molecule has 0 saturated heterocycles. The smallest absolute Gasteiger partial charge is 0.154 e. The molecule has 1 rings (SSSR count). The highest BCUT2D eigenvalue weighted by molar-refractivity contribution is 5.88. The van der Waals surface area contributed by atoms with Crippen LogP contribution in [-0.4, -0.2) is 33.5 Å². The minimum absolute atomic E-state index is 0.00892. The maximum Gasteiger partial charge on any atom is 0.154 e. The fourth-order valence-corrected chi connectivity index (χ4v) is 1.80. The second kappa shape index (κ2) is 6.33. The average Bonchev–Trinajstić information content (AvgIpc) is 2.36. The number of hydrogen-bond donors (Lipinski definition) is 3. The Morgan fingerprint density at radius 3 is 2.58 bits per heavy atom. The van der Waals surface area contributed by atoms with Crippen molar-refractivity contribution in [1.82, 2.24) is 0 Å². The number of aromatic hydroxyl groups is 2. The number of rotatable bonds is 6.